The van der Waals surface area contributed by atoms with Gasteiger partial charge in [0.2, 0.25) is 0 Å². The van der Waals surface area contributed by atoms with Crippen LogP contribution in [0, 0.1) is 0 Å². The molecule has 1 heterocycles. The van der Waals surface area contributed by atoms with Gasteiger partial charge in [-0.05, 0) is 6.92 Å². The van der Waals surface area contributed by atoms with Gasteiger partial charge in [0.1, 0.15) is 0 Å². The zero-order chi connectivity index (χ0) is 9.19. The summed E-state index contributed by atoms with van der Waals surface area (Å²) >= 11 is 0. The predicted molar refractivity (Wildman–Crippen MR) is 37.9 cm³/mol. The molecule has 1 rings (SSSR count). The van der Waals surface area contributed by atoms with Gasteiger partial charge in [0.05, 0.1) is 18.6 Å². The number of hydrogen-bond donors (Lipinski definition) is 1. The zero-order valence-corrected chi connectivity index (χ0v) is 6.82. The van der Waals surface area contributed by atoms with Crippen LogP contribution in [0.5, 0.6) is 0 Å². The average molecular weight is 183 g/mol. The van der Waals surface area contributed by atoms with Crippen molar-refractivity contribution in [2.45, 2.75) is 31.7 Å². The Balaban J connectivity index is 2.32. The highest BCUT2D eigenvalue weighted by molar-refractivity contribution is 4.74. The first kappa shape index (κ1) is 9.80. The van der Waals surface area contributed by atoms with Crippen molar-refractivity contribution in [2.24, 2.45) is 0 Å². The molecule has 0 spiro atoms. The van der Waals surface area contributed by atoms with E-state index in [1.54, 1.807) is 6.92 Å². The van der Waals surface area contributed by atoms with Gasteiger partial charge in [0.15, 0.2) is 0 Å². The SMILES string of the molecule is C[C@@H]1CNC[C@@H](CC(F)(F)F)O1. The Kier molecular flexibility index (Phi) is 2.95. The van der Waals surface area contributed by atoms with E-state index in [1.165, 1.54) is 0 Å². The van der Waals surface area contributed by atoms with E-state index in [2.05, 4.69) is 5.32 Å². The third-order valence-electron chi connectivity index (χ3n) is 1.69. The summed E-state index contributed by atoms with van der Waals surface area (Å²) in [5, 5.41) is 2.88. The van der Waals surface area contributed by atoms with Gasteiger partial charge in [0, 0.05) is 13.1 Å². The third-order valence-corrected chi connectivity index (χ3v) is 1.69. The van der Waals surface area contributed by atoms with Crippen LogP contribution in [-0.2, 0) is 4.74 Å². The van der Waals surface area contributed by atoms with Crippen molar-refractivity contribution in [3.05, 3.63) is 0 Å². The van der Waals surface area contributed by atoms with E-state index in [0.29, 0.717) is 13.1 Å². The highest BCUT2D eigenvalue weighted by Crippen LogP contribution is 2.24. The normalized spacial score (nSPS) is 32.0. The number of alkyl halides is 3. The van der Waals surface area contributed by atoms with Gasteiger partial charge in [-0.15, -0.1) is 0 Å². The molecule has 0 aromatic rings. The van der Waals surface area contributed by atoms with Crippen molar-refractivity contribution in [3.63, 3.8) is 0 Å². The van der Waals surface area contributed by atoms with E-state index in [9.17, 15) is 13.2 Å². The molecule has 0 aromatic carbocycles. The second kappa shape index (κ2) is 3.62. The fourth-order valence-corrected chi connectivity index (χ4v) is 1.25. The molecular weight excluding hydrogens is 171 g/mol. The van der Waals surface area contributed by atoms with Crippen LogP contribution in [0.4, 0.5) is 13.2 Å². The minimum Gasteiger partial charge on any atom is -0.372 e. The minimum atomic E-state index is -4.12. The lowest BCUT2D eigenvalue weighted by atomic mass is 10.2. The first-order valence-corrected chi connectivity index (χ1v) is 3.90. The third kappa shape index (κ3) is 3.40. The Hall–Kier alpha value is -0.290. The second-order valence-corrected chi connectivity index (χ2v) is 3.05. The number of ether oxygens (including phenoxy) is 1. The van der Waals surface area contributed by atoms with Crippen LogP contribution in [0.2, 0.25) is 0 Å². The molecule has 2 nitrogen and oxygen atoms in total. The molecule has 12 heavy (non-hydrogen) atoms. The second-order valence-electron chi connectivity index (χ2n) is 3.05. The number of halogens is 3. The number of rotatable bonds is 1. The molecule has 0 bridgehead atoms. The van der Waals surface area contributed by atoms with Gasteiger partial charge in [-0.3, -0.25) is 0 Å². The van der Waals surface area contributed by atoms with Crippen molar-refractivity contribution in [1.82, 2.24) is 5.32 Å². The summed E-state index contributed by atoms with van der Waals surface area (Å²) in [6.45, 7) is 2.69. The Morgan fingerprint density at radius 1 is 1.42 bits per heavy atom. The van der Waals surface area contributed by atoms with Crippen molar-refractivity contribution in [1.29, 1.82) is 0 Å². The fraction of sp³-hybridized carbons (Fsp3) is 1.00. The molecule has 2 atom stereocenters. The van der Waals surface area contributed by atoms with Gasteiger partial charge >= 0.3 is 6.18 Å². The molecule has 0 saturated carbocycles. The maximum Gasteiger partial charge on any atom is 0.391 e. The smallest absolute Gasteiger partial charge is 0.372 e. The Morgan fingerprint density at radius 3 is 2.58 bits per heavy atom. The largest absolute Gasteiger partial charge is 0.391 e. The molecule has 0 aliphatic carbocycles. The van der Waals surface area contributed by atoms with Crippen LogP contribution >= 0.6 is 0 Å². The van der Waals surface area contributed by atoms with E-state index in [0.717, 1.165) is 0 Å². The van der Waals surface area contributed by atoms with Gasteiger partial charge in [-0.25, -0.2) is 0 Å². The lowest BCUT2D eigenvalue weighted by Gasteiger charge is -2.29. The molecule has 72 valence electrons. The molecule has 1 saturated heterocycles. The number of morpholine rings is 1. The summed E-state index contributed by atoms with van der Waals surface area (Å²) in [6.07, 6.45) is -5.81. The maximum absolute atomic E-state index is 11.9. The first-order chi connectivity index (χ1) is 5.47. The van der Waals surface area contributed by atoms with Gasteiger partial charge in [0.25, 0.3) is 0 Å². The molecule has 1 aliphatic heterocycles. The van der Waals surface area contributed by atoms with Gasteiger partial charge in [-0.1, -0.05) is 0 Å². The molecule has 0 aromatic heterocycles. The van der Waals surface area contributed by atoms with E-state index >= 15 is 0 Å². The fourth-order valence-electron chi connectivity index (χ4n) is 1.25. The Morgan fingerprint density at radius 2 is 2.08 bits per heavy atom. The molecule has 1 aliphatic rings. The highest BCUT2D eigenvalue weighted by atomic mass is 19.4. The van der Waals surface area contributed by atoms with Crippen molar-refractivity contribution < 1.29 is 17.9 Å². The number of hydrogen-bond acceptors (Lipinski definition) is 2. The lowest BCUT2D eigenvalue weighted by Crippen LogP contribution is -2.45. The van der Waals surface area contributed by atoms with E-state index in [4.69, 9.17) is 4.74 Å². The highest BCUT2D eigenvalue weighted by Gasteiger charge is 2.34. The van der Waals surface area contributed by atoms with Crippen LogP contribution in [0.1, 0.15) is 13.3 Å². The summed E-state index contributed by atoms with van der Waals surface area (Å²) < 4.78 is 40.7. The first-order valence-electron chi connectivity index (χ1n) is 3.90. The van der Waals surface area contributed by atoms with E-state index in [1.807, 2.05) is 0 Å². The summed E-state index contributed by atoms with van der Waals surface area (Å²) in [4.78, 5) is 0. The topological polar surface area (TPSA) is 21.3 Å². The van der Waals surface area contributed by atoms with Crippen LogP contribution in [0.25, 0.3) is 0 Å². The molecule has 5 heteroatoms. The van der Waals surface area contributed by atoms with Crippen molar-refractivity contribution in [3.8, 4) is 0 Å². The van der Waals surface area contributed by atoms with Gasteiger partial charge < -0.3 is 10.1 Å². The maximum atomic E-state index is 11.9. The molecule has 1 N–H and O–H groups in total. The summed E-state index contributed by atoms with van der Waals surface area (Å²) in [5.74, 6) is 0. The van der Waals surface area contributed by atoms with Crippen molar-refractivity contribution in [2.75, 3.05) is 13.1 Å². The molecular formula is C7H12F3NO. The summed E-state index contributed by atoms with van der Waals surface area (Å²) in [6, 6.07) is 0. The standard InChI is InChI=1S/C7H12F3NO/c1-5-3-11-4-6(12-5)2-7(8,9)10/h5-6,11H,2-4H2,1H3/t5-,6-/m1/s1. The average Bonchev–Trinajstić information content (AvgIpc) is 1.82. The van der Waals surface area contributed by atoms with Crippen LogP contribution < -0.4 is 5.32 Å². The lowest BCUT2D eigenvalue weighted by molar-refractivity contribution is -0.170. The Bertz CT molecular complexity index is 148. The molecule has 0 unspecified atom stereocenters. The van der Waals surface area contributed by atoms with E-state index < -0.39 is 18.7 Å². The molecule has 0 radical (unpaired) electrons. The van der Waals surface area contributed by atoms with Gasteiger partial charge in [-0.2, -0.15) is 13.2 Å². The van der Waals surface area contributed by atoms with Crippen LogP contribution in [0.15, 0.2) is 0 Å². The van der Waals surface area contributed by atoms with Crippen LogP contribution in [-0.4, -0.2) is 31.5 Å². The monoisotopic (exact) mass is 183 g/mol. The quantitative estimate of drug-likeness (QED) is 0.661. The molecule has 1 fully saturated rings. The summed E-state index contributed by atoms with van der Waals surface area (Å²) in [5.41, 5.74) is 0. The summed E-state index contributed by atoms with van der Waals surface area (Å²) in [7, 11) is 0. The molecule has 0 amide bonds. The zero-order valence-electron chi connectivity index (χ0n) is 6.82. The van der Waals surface area contributed by atoms with Crippen molar-refractivity contribution >= 4 is 0 Å². The van der Waals surface area contributed by atoms with E-state index in [-0.39, 0.29) is 6.10 Å². The minimum absolute atomic E-state index is 0.119. The Labute approximate surface area is 69.1 Å². The predicted octanol–water partition coefficient (Wildman–Crippen LogP) is 1.32. The van der Waals surface area contributed by atoms with Crippen LogP contribution in [0.3, 0.4) is 0 Å². The number of nitrogens with one attached hydrogen (secondary N) is 1.